The molecule has 0 radical (unpaired) electrons. The molecule has 0 spiro atoms. The second kappa shape index (κ2) is 8.89. The summed E-state index contributed by atoms with van der Waals surface area (Å²) in [5.41, 5.74) is 0.0230. The summed E-state index contributed by atoms with van der Waals surface area (Å²) in [6, 6.07) is 4.48. The van der Waals surface area contributed by atoms with Crippen LogP contribution in [-0.4, -0.2) is 24.7 Å². The average molecular weight is 392 g/mol. The van der Waals surface area contributed by atoms with E-state index in [0.29, 0.717) is 10.9 Å². The Labute approximate surface area is 141 Å². The lowest BCUT2D eigenvalue weighted by molar-refractivity contribution is -0.161. The van der Waals surface area contributed by atoms with E-state index in [0.717, 1.165) is 0 Å². The van der Waals surface area contributed by atoms with Crippen LogP contribution in [0, 0.1) is 11.3 Å². The molecule has 0 heterocycles. The molecule has 1 amide bonds. The third-order valence-electron chi connectivity index (χ3n) is 3.13. The lowest BCUT2D eigenvalue weighted by Gasteiger charge is -2.27. The van der Waals surface area contributed by atoms with Crippen LogP contribution in [0.4, 0.5) is 13.2 Å². The van der Waals surface area contributed by atoms with Crippen molar-refractivity contribution in [3.63, 3.8) is 0 Å². The van der Waals surface area contributed by atoms with Gasteiger partial charge in [-0.25, -0.2) is 0 Å². The maximum absolute atomic E-state index is 13.4. The SMILES string of the molecule is CCC[C@H](N[C@@H](c1ccc(Br)cc1)C(F)(F)F)C(=O)NCC#N. The van der Waals surface area contributed by atoms with Gasteiger partial charge in [0.25, 0.3) is 0 Å². The van der Waals surface area contributed by atoms with Crippen LogP contribution in [0.1, 0.15) is 31.4 Å². The van der Waals surface area contributed by atoms with Gasteiger partial charge in [0.2, 0.25) is 5.91 Å². The summed E-state index contributed by atoms with van der Waals surface area (Å²) in [4.78, 5) is 11.9. The van der Waals surface area contributed by atoms with Crippen molar-refractivity contribution >= 4 is 21.8 Å². The normalized spacial score (nSPS) is 13.9. The summed E-state index contributed by atoms with van der Waals surface area (Å²) < 4.78 is 40.8. The lowest BCUT2D eigenvalue weighted by Crippen LogP contribution is -2.49. The number of nitriles is 1. The molecule has 0 saturated heterocycles. The average Bonchev–Trinajstić information content (AvgIpc) is 2.49. The monoisotopic (exact) mass is 391 g/mol. The highest BCUT2D eigenvalue weighted by Gasteiger charge is 2.42. The summed E-state index contributed by atoms with van der Waals surface area (Å²) in [7, 11) is 0. The fourth-order valence-corrected chi connectivity index (χ4v) is 2.33. The second-order valence-corrected chi connectivity index (χ2v) is 5.83. The zero-order valence-electron chi connectivity index (χ0n) is 12.5. The Balaban J connectivity index is 2.99. The molecule has 0 aromatic heterocycles. The number of benzene rings is 1. The van der Waals surface area contributed by atoms with Crippen LogP contribution in [0.15, 0.2) is 28.7 Å². The van der Waals surface area contributed by atoms with Gasteiger partial charge in [0.05, 0.1) is 12.1 Å². The Hall–Kier alpha value is -1.59. The van der Waals surface area contributed by atoms with Gasteiger partial charge in [-0.2, -0.15) is 18.4 Å². The van der Waals surface area contributed by atoms with E-state index in [1.165, 1.54) is 24.3 Å². The maximum Gasteiger partial charge on any atom is 0.407 e. The summed E-state index contributed by atoms with van der Waals surface area (Å²) in [6.45, 7) is 1.53. The number of hydrogen-bond donors (Lipinski definition) is 2. The van der Waals surface area contributed by atoms with E-state index in [1.807, 2.05) is 0 Å². The minimum atomic E-state index is -4.55. The molecule has 1 rings (SSSR count). The number of rotatable bonds is 7. The molecule has 0 fully saturated rings. The number of nitrogens with zero attached hydrogens (tertiary/aromatic N) is 1. The fourth-order valence-electron chi connectivity index (χ4n) is 2.06. The van der Waals surface area contributed by atoms with Crippen molar-refractivity contribution in [3.8, 4) is 6.07 Å². The molecule has 1 aromatic rings. The zero-order chi connectivity index (χ0) is 17.5. The van der Waals surface area contributed by atoms with Crippen LogP contribution >= 0.6 is 15.9 Å². The van der Waals surface area contributed by atoms with Crippen LogP contribution in [0.25, 0.3) is 0 Å². The van der Waals surface area contributed by atoms with Gasteiger partial charge in [0.1, 0.15) is 12.6 Å². The number of halogens is 4. The number of amides is 1. The first-order valence-electron chi connectivity index (χ1n) is 7.02. The summed E-state index contributed by atoms with van der Waals surface area (Å²) in [5.74, 6) is -0.611. The van der Waals surface area contributed by atoms with Crippen molar-refractivity contribution in [2.24, 2.45) is 0 Å². The van der Waals surface area contributed by atoms with Gasteiger partial charge in [0.15, 0.2) is 0 Å². The largest absolute Gasteiger partial charge is 0.407 e. The third kappa shape index (κ3) is 6.20. The van der Waals surface area contributed by atoms with Gasteiger partial charge in [-0.15, -0.1) is 0 Å². The van der Waals surface area contributed by atoms with E-state index < -0.39 is 24.2 Å². The first kappa shape index (κ1) is 19.5. The predicted molar refractivity (Wildman–Crippen MR) is 83.4 cm³/mol. The molecular formula is C15H17BrF3N3O. The van der Waals surface area contributed by atoms with Gasteiger partial charge in [-0.1, -0.05) is 41.4 Å². The van der Waals surface area contributed by atoms with E-state index in [-0.39, 0.29) is 18.5 Å². The standard InChI is InChI=1S/C15H17BrF3N3O/c1-2-3-12(14(23)21-9-8-20)22-13(15(17,18)19)10-4-6-11(16)7-5-10/h4-7,12-13,22H,2-3,9H2,1H3,(H,21,23)/t12-,13-/m0/s1. The highest BCUT2D eigenvalue weighted by Crippen LogP contribution is 2.33. The molecule has 0 saturated carbocycles. The topological polar surface area (TPSA) is 64.9 Å². The summed E-state index contributed by atoms with van der Waals surface area (Å²) >= 11 is 3.18. The minimum Gasteiger partial charge on any atom is -0.342 e. The third-order valence-corrected chi connectivity index (χ3v) is 3.66. The van der Waals surface area contributed by atoms with E-state index in [1.54, 1.807) is 13.0 Å². The summed E-state index contributed by atoms with van der Waals surface area (Å²) in [6.07, 6.45) is -3.78. The predicted octanol–water partition coefficient (Wildman–Crippen LogP) is 3.45. The number of nitrogens with one attached hydrogen (secondary N) is 2. The number of carbonyl (C=O) groups is 1. The molecule has 0 aliphatic heterocycles. The van der Waals surface area contributed by atoms with Crippen molar-refractivity contribution in [2.75, 3.05) is 6.54 Å². The van der Waals surface area contributed by atoms with Crippen molar-refractivity contribution in [1.82, 2.24) is 10.6 Å². The first-order valence-corrected chi connectivity index (χ1v) is 7.81. The highest BCUT2D eigenvalue weighted by atomic mass is 79.9. The Morgan fingerprint density at radius 3 is 2.43 bits per heavy atom. The van der Waals surface area contributed by atoms with Crippen LogP contribution in [0.5, 0.6) is 0 Å². The zero-order valence-corrected chi connectivity index (χ0v) is 14.0. The molecule has 4 nitrogen and oxygen atoms in total. The Morgan fingerprint density at radius 1 is 1.35 bits per heavy atom. The molecule has 0 aliphatic carbocycles. The molecular weight excluding hydrogens is 375 g/mol. The molecule has 1 aromatic carbocycles. The Kier molecular flexibility index (Phi) is 7.52. The van der Waals surface area contributed by atoms with Gasteiger partial charge in [-0.05, 0) is 24.1 Å². The van der Waals surface area contributed by atoms with Gasteiger partial charge in [-0.3, -0.25) is 10.1 Å². The van der Waals surface area contributed by atoms with E-state index >= 15 is 0 Å². The number of hydrogen-bond acceptors (Lipinski definition) is 3. The number of carbonyl (C=O) groups excluding carboxylic acids is 1. The number of alkyl halides is 3. The van der Waals surface area contributed by atoms with Crippen LogP contribution in [0.3, 0.4) is 0 Å². The molecule has 2 N–H and O–H groups in total. The molecule has 0 unspecified atom stereocenters. The minimum absolute atomic E-state index is 0.0230. The smallest absolute Gasteiger partial charge is 0.342 e. The van der Waals surface area contributed by atoms with E-state index in [9.17, 15) is 18.0 Å². The van der Waals surface area contributed by atoms with Crippen LogP contribution in [0.2, 0.25) is 0 Å². The highest BCUT2D eigenvalue weighted by molar-refractivity contribution is 9.10. The second-order valence-electron chi connectivity index (χ2n) is 4.91. The van der Waals surface area contributed by atoms with Crippen molar-refractivity contribution in [2.45, 2.75) is 38.0 Å². The molecule has 0 bridgehead atoms. The molecule has 2 atom stereocenters. The molecule has 23 heavy (non-hydrogen) atoms. The summed E-state index contributed by atoms with van der Waals surface area (Å²) in [5, 5.41) is 13.1. The van der Waals surface area contributed by atoms with E-state index in [2.05, 4.69) is 26.6 Å². The molecule has 8 heteroatoms. The van der Waals surface area contributed by atoms with Gasteiger partial charge >= 0.3 is 6.18 Å². The van der Waals surface area contributed by atoms with Gasteiger partial charge in [0, 0.05) is 4.47 Å². The van der Waals surface area contributed by atoms with Crippen molar-refractivity contribution in [3.05, 3.63) is 34.3 Å². The Bertz CT molecular complexity index is 555. The van der Waals surface area contributed by atoms with Crippen LogP contribution in [-0.2, 0) is 4.79 Å². The quantitative estimate of drug-likeness (QED) is 0.699. The Morgan fingerprint density at radius 2 is 1.96 bits per heavy atom. The molecule has 126 valence electrons. The van der Waals surface area contributed by atoms with E-state index in [4.69, 9.17) is 5.26 Å². The maximum atomic E-state index is 13.4. The van der Waals surface area contributed by atoms with Gasteiger partial charge < -0.3 is 5.32 Å². The lowest BCUT2D eigenvalue weighted by atomic mass is 10.0. The first-order chi connectivity index (χ1) is 10.8. The van der Waals surface area contributed by atoms with Crippen LogP contribution < -0.4 is 10.6 Å². The molecule has 0 aliphatic rings. The fraction of sp³-hybridized carbons (Fsp3) is 0.467. The van der Waals surface area contributed by atoms with Crippen molar-refractivity contribution in [1.29, 1.82) is 5.26 Å². The van der Waals surface area contributed by atoms with Crippen molar-refractivity contribution < 1.29 is 18.0 Å².